The van der Waals surface area contributed by atoms with Crippen LogP contribution in [-0.4, -0.2) is 23.9 Å². The first-order valence-electron chi connectivity index (χ1n) is 6.89. The highest BCUT2D eigenvalue weighted by Gasteiger charge is 2.29. The van der Waals surface area contributed by atoms with Crippen molar-refractivity contribution in [3.8, 4) is 0 Å². The van der Waals surface area contributed by atoms with Gasteiger partial charge in [-0.1, -0.05) is 30.3 Å². The molecule has 0 bridgehead atoms. The fraction of sp³-hybridized carbons (Fsp3) is 0.312. The van der Waals surface area contributed by atoms with E-state index in [0.29, 0.717) is 6.42 Å². The summed E-state index contributed by atoms with van der Waals surface area (Å²) >= 11 is 1.83. The smallest absolute Gasteiger partial charge is 0.218 e. The summed E-state index contributed by atoms with van der Waals surface area (Å²) in [6, 6.07) is 13.0. The Morgan fingerprint density at radius 3 is 2.85 bits per heavy atom. The molecule has 0 saturated carbocycles. The molecule has 0 aliphatic carbocycles. The number of hydrogen-bond donors (Lipinski definition) is 1. The van der Waals surface area contributed by atoms with Gasteiger partial charge in [-0.3, -0.25) is 9.69 Å². The molecule has 2 N–H and O–H groups in total. The maximum atomic E-state index is 11.1. The van der Waals surface area contributed by atoms with Crippen molar-refractivity contribution in [2.24, 2.45) is 5.73 Å². The standard InChI is InChI=1S/C16H18N2OS/c17-15(19)7-10-18-9-6-14-13(8-11-20-14)16(18)12-4-2-1-3-5-12/h1-5,8,11,16H,6-7,9-10H2,(H2,17,19). The second kappa shape index (κ2) is 5.77. The van der Waals surface area contributed by atoms with Crippen LogP contribution in [0.3, 0.4) is 0 Å². The van der Waals surface area contributed by atoms with Crippen molar-refractivity contribution in [1.29, 1.82) is 0 Å². The number of nitrogens with zero attached hydrogens (tertiary/aromatic N) is 1. The second-order valence-corrected chi connectivity index (χ2v) is 6.12. The van der Waals surface area contributed by atoms with Crippen LogP contribution in [0.15, 0.2) is 41.8 Å². The minimum Gasteiger partial charge on any atom is -0.370 e. The topological polar surface area (TPSA) is 46.3 Å². The van der Waals surface area contributed by atoms with Gasteiger partial charge in [0.25, 0.3) is 0 Å². The third-order valence-electron chi connectivity index (χ3n) is 3.83. The highest BCUT2D eigenvalue weighted by molar-refractivity contribution is 7.10. The molecule has 0 saturated heterocycles. The number of thiophene rings is 1. The third-order valence-corrected chi connectivity index (χ3v) is 4.82. The summed E-state index contributed by atoms with van der Waals surface area (Å²) in [5, 5.41) is 2.16. The molecule has 1 aliphatic rings. The lowest BCUT2D eigenvalue weighted by atomic mass is 9.93. The van der Waals surface area contributed by atoms with E-state index in [4.69, 9.17) is 5.73 Å². The van der Waals surface area contributed by atoms with Crippen molar-refractivity contribution in [1.82, 2.24) is 4.90 Å². The van der Waals surface area contributed by atoms with Gasteiger partial charge in [-0.25, -0.2) is 0 Å². The Labute approximate surface area is 123 Å². The van der Waals surface area contributed by atoms with Gasteiger partial charge in [0.2, 0.25) is 5.91 Å². The summed E-state index contributed by atoms with van der Waals surface area (Å²) < 4.78 is 0. The maximum absolute atomic E-state index is 11.1. The first-order chi connectivity index (χ1) is 9.75. The summed E-state index contributed by atoms with van der Waals surface area (Å²) in [5.74, 6) is -0.229. The molecular formula is C16H18N2OS. The largest absolute Gasteiger partial charge is 0.370 e. The number of rotatable bonds is 4. The minimum absolute atomic E-state index is 0.229. The van der Waals surface area contributed by atoms with Gasteiger partial charge in [0, 0.05) is 24.4 Å². The molecular weight excluding hydrogens is 268 g/mol. The van der Waals surface area contributed by atoms with Crippen LogP contribution in [0.4, 0.5) is 0 Å². The van der Waals surface area contributed by atoms with Crippen LogP contribution in [0.5, 0.6) is 0 Å². The van der Waals surface area contributed by atoms with Gasteiger partial charge in [-0.05, 0) is 29.0 Å². The van der Waals surface area contributed by atoms with Crippen LogP contribution in [0, 0.1) is 0 Å². The fourth-order valence-electron chi connectivity index (χ4n) is 2.89. The van der Waals surface area contributed by atoms with Gasteiger partial charge in [-0.2, -0.15) is 0 Å². The van der Waals surface area contributed by atoms with Gasteiger partial charge in [-0.15, -0.1) is 11.3 Å². The average molecular weight is 286 g/mol. The Morgan fingerprint density at radius 2 is 2.10 bits per heavy atom. The predicted octanol–water partition coefficient (Wildman–Crippen LogP) is 2.57. The van der Waals surface area contributed by atoms with Crippen LogP contribution < -0.4 is 5.73 Å². The van der Waals surface area contributed by atoms with Gasteiger partial charge < -0.3 is 5.73 Å². The molecule has 1 atom stereocenters. The zero-order valence-electron chi connectivity index (χ0n) is 11.3. The first kappa shape index (κ1) is 13.3. The molecule has 1 amide bonds. The van der Waals surface area contributed by atoms with E-state index in [1.54, 1.807) is 0 Å². The number of carbonyl (C=O) groups excluding carboxylic acids is 1. The lowest BCUT2D eigenvalue weighted by molar-refractivity contribution is -0.118. The number of fused-ring (bicyclic) bond motifs is 1. The van der Waals surface area contributed by atoms with E-state index < -0.39 is 0 Å². The summed E-state index contributed by atoms with van der Waals surface area (Å²) in [7, 11) is 0. The lowest BCUT2D eigenvalue weighted by Gasteiger charge is -2.36. The molecule has 4 heteroatoms. The molecule has 0 spiro atoms. The van der Waals surface area contributed by atoms with Crippen molar-refractivity contribution < 1.29 is 4.79 Å². The fourth-order valence-corrected chi connectivity index (χ4v) is 3.79. The summed E-state index contributed by atoms with van der Waals surface area (Å²) in [4.78, 5) is 14.9. The number of carbonyl (C=O) groups is 1. The highest BCUT2D eigenvalue weighted by Crippen LogP contribution is 2.37. The monoisotopic (exact) mass is 286 g/mol. The number of nitrogens with two attached hydrogens (primary N) is 1. The van der Waals surface area contributed by atoms with E-state index >= 15 is 0 Å². The second-order valence-electron chi connectivity index (χ2n) is 5.11. The number of primary amides is 1. The normalized spacial score (nSPS) is 18.7. The first-order valence-corrected chi connectivity index (χ1v) is 7.77. The summed E-state index contributed by atoms with van der Waals surface area (Å²) in [6.07, 6.45) is 1.48. The minimum atomic E-state index is -0.229. The van der Waals surface area contributed by atoms with Gasteiger partial charge >= 0.3 is 0 Å². The molecule has 0 radical (unpaired) electrons. The molecule has 3 nitrogen and oxygen atoms in total. The van der Waals surface area contributed by atoms with E-state index in [0.717, 1.165) is 19.5 Å². The van der Waals surface area contributed by atoms with Crippen molar-refractivity contribution in [3.05, 3.63) is 57.8 Å². The molecule has 2 heterocycles. The highest BCUT2D eigenvalue weighted by atomic mass is 32.1. The quantitative estimate of drug-likeness (QED) is 0.939. The van der Waals surface area contributed by atoms with Crippen molar-refractivity contribution in [2.75, 3.05) is 13.1 Å². The van der Waals surface area contributed by atoms with Crippen molar-refractivity contribution >= 4 is 17.2 Å². The zero-order valence-corrected chi connectivity index (χ0v) is 12.1. The Morgan fingerprint density at radius 1 is 1.30 bits per heavy atom. The van der Waals surface area contributed by atoms with E-state index in [9.17, 15) is 4.79 Å². The number of hydrogen-bond acceptors (Lipinski definition) is 3. The number of benzene rings is 1. The zero-order chi connectivity index (χ0) is 13.9. The van der Waals surface area contributed by atoms with Crippen LogP contribution >= 0.6 is 11.3 Å². The molecule has 1 unspecified atom stereocenters. The predicted molar refractivity (Wildman–Crippen MR) is 81.7 cm³/mol. The van der Waals surface area contributed by atoms with E-state index in [1.807, 2.05) is 17.4 Å². The van der Waals surface area contributed by atoms with E-state index in [2.05, 4.69) is 40.6 Å². The van der Waals surface area contributed by atoms with Crippen LogP contribution in [0.2, 0.25) is 0 Å². The SMILES string of the molecule is NC(=O)CCN1CCc2sccc2C1c1ccccc1. The summed E-state index contributed by atoms with van der Waals surface area (Å²) in [5.41, 5.74) is 7.98. The maximum Gasteiger partial charge on any atom is 0.218 e. The Bertz CT molecular complexity index is 594. The van der Waals surface area contributed by atoms with Gasteiger partial charge in [0.15, 0.2) is 0 Å². The van der Waals surface area contributed by atoms with E-state index in [1.165, 1.54) is 16.0 Å². The molecule has 104 valence electrons. The van der Waals surface area contributed by atoms with Crippen LogP contribution in [-0.2, 0) is 11.2 Å². The third kappa shape index (κ3) is 2.62. The van der Waals surface area contributed by atoms with Crippen LogP contribution in [0.1, 0.15) is 28.5 Å². The molecule has 1 aromatic carbocycles. The number of amides is 1. The lowest BCUT2D eigenvalue weighted by Crippen LogP contribution is -2.37. The Kier molecular flexibility index (Phi) is 3.85. The Balaban J connectivity index is 1.93. The van der Waals surface area contributed by atoms with Crippen LogP contribution in [0.25, 0.3) is 0 Å². The molecule has 0 fully saturated rings. The average Bonchev–Trinajstić information content (AvgIpc) is 2.93. The van der Waals surface area contributed by atoms with Gasteiger partial charge in [0.1, 0.15) is 0 Å². The molecule has 2 aromatic rings. The molecule has 3 rings (SSSR count). The molecule has 20 heavy (non-hydrogen) atoms. The van der Waals surface area contributed by atoms with Gasteiger partial charge in [0.05, 0.1) is 6.04 Å². The Hall–Kier alpha value is -1.65. The molecule has 1 aromatic heterocycles. The van der Waals surface area contributed by atoms with Crippen molar-refractivity contribution in [3.63, 3.8) is 0 Å². The molecule has 1 aliphatic heterocycles. The summed E-state index contributed by atoms with van der Waals surface area (Å²) in [6.45, 7) is 1.71. The van der Waals surface area contributed by atoms with E-state index in [-0.39, 0.29) is 11.9 Å². The van der Waals surface area contributed by atoms with Crippen molar-refractivity contribution in [2.45, 2.75) is 18.9 Å².